The maximum atomic E-state index is 12.2. The van der Waals surface area contributed by atoms with Gasteiger partial charge in [-0.2, -0.15) is 0 Å². The molecule has 20 heavy (non-hydrogen) atoms. The topological polar surface area (TPSA) is 69.6 Å². The van der Waals surface area contributed by atoms with Gasteiger partial charge in [0.05, 0.1) is 6.42 Å². The number of carboxylic acid groups (broad SMARTS) is 1. The van der Waals surface area contributed by atoms with Crippen LogP contribution in [-0.2, 0) is 4.79 Å². The first-order valence-corrected chi connectivity index (χ1v) is 6.84. The molecule has 5 nitrogen and oxygen atoms in total. The zero-order valence-corrected chi connectivity index (χ0v) is 11.8. The lowest BCUT2D eigenvalue weighted by Gasteiger charge is -2.22. The summed E-state index contributed by atoms with van der Waals surface area (Å²) in [5.41, 5.74) is 3.04. The fourth-order valence-corrected chi connectivity index (χ4v) is 2.07. The highest BCUT2D eigenvalue weighted by molar-refractivity contribution is 5.90. The van der Waals surface area contributed by atoms with Crippen molar-refractivity contribution in [2.45, 2.75) is 39.2 Å². The molecule has 1 aromatic rings. The standard InChI is InChI=1S/C15H20N2O3/c1-10-3-4-12(9-11(10)2)16-15(20)17(13-5-6-13)8-7-14(18)19/h3-4,9,13H,5-8H2,1-2H3,(H,16,20)(H,18,19). The quantitative estimate of drug-likeness (QED) is 0.868. The normalized spacial score (nSPS) is 13.9. The fraction of sp³-hybridized carbons (Fsp3) is 0.467. The summed E-state index contributed by atoms with van der Waals surface area (Å²) in [4.78, 5) is 24.5. The van der Waals surface area contributed by atoms with Gasteiger partial charge in [0.25, 0.3) is 0 Å². The summed E-state index contributed by atoms with van der Waals surface area (Å²) in [5, 5.41) is 11.6. The van der Waals surface area contributed by atoms with E-state index in [1.165, 1.54) is 5.56 Å². The first-order chi connectivity index (χ1) is 9.47. The number of carboxylic acids is 1. The molecule has 5 heteroatoms. The molecule has 1 aromatic carbocycles. The summed E-state index contributed by atoms with van der Waals surface area (Å²) in [6.45, 7) is 4.27. The molecule has 0 atom stereocenters. The summed E-state index contributed by atoms with van der Waals surface area (Å²) in [5.74, 6) is -0.880. The molecule has 0 spiro atoms. The first-order valence-electron chi connectivity index (χ1n) is 6.84. The van der Waals surface area contributed by atoms with Crippen LogP contribution in [0, 0.1) is 13.8 Å². The minimum Gasteiger partial charge on any atom is -0.481 e. The van der Waals surface area contributed by atoms with Crippen LogP contribution in [0.25, 0.3) is 0 Å². The Kier molecular flexibility index (Phi) is 4.27. The number of carbonyl (C=O) groups is 2. The Morgan fingerprint density at radius 3 is 2.55 bits per heavy atom. The fourth-order valence-electron chi connectivity index (χ4n) is 2.07. The van der Waals surface area contributed by atoms with Gasteiger partial charge in [-0.15, -0.1) is 0 Å². The Hall–Kier alpha value is -2.04. The Morgan fingerprint density at radius 2 is 2.00 bits per heavy atom. The van der Waals surface area contributed by atoms with E-state index in [1.807, 2.05) is 32.0 Å². The smallest absolute Gasteiger partial charge is 0.322 e. The molecule has 2 rings (SSSR count). The number of aliphatic carboxylic acids is 1. The number of hydrogen-bond acceptors (Lipinski definition) is 2. The van der Waals surface area contributed by atoms with E-state index >= 15 is 0 Å². The molecule has 1 aliphatic rings. The zero-order chi connectivity index (χ0) is 14.7. The van der Waals surface area contributed by atoms with Gasteiger partial charge in [-0.1, -0.05) is 6.07 Å². The van der Waals surface area contributed by atoms with Crippen LogP contribution in [0.4, 0.5) is 10.5 Å². The zero-order valence-electron chi connectivity index (χ0n) is 11.8. The lowest BCUT2D eigenvalue weighted by Crippen LogP contribution is -2.38. The van der Waals surface area contributed by atoms with Gasteiger partial charge in [0, 0.05) is 18.3 Å². The molecule has 2 amide bonds. The molecule has 1 fully saturated rings. The molecule has 0 aromatic heterocycles. The number of carbonyl (C=O) groups excluding carboxylic acids is 1. The summed E-state index contributed by atoms with van der Waals surface area (Å²) in [6, 6.07) is 5.74. The molecule has 1 saturated carbocycles. The first kappa shape index (κ1) is 14.4. The number of nitrogens with one attached hydrogen (secondary N) is 1. The second-order valence-electron chi connectivity index (χ2n) is 5.30. The molecule has 0 aliphatic heterocycles. The number of aryl methyl sites for hydroxylation is 2. The lowest BCUT2D eigenvalue weighted by atomic mass is 10.1. The maximum absolute atomic E-state index is 12.2. The molecule has 0 saturated heterocycles. The number of hydrogen-bond donors (Lipinski definition) is 2. The van der Waals surface area contributed by atoms with E-state index < -0.39 is 5.97 Å². The van der Waals surface area contributed by atoms with Crippen molar-refractivity contribution in [3.05, 3.63) is 29.3 Å². The second-order valence-corrected chi connectivity index (χ2v) is 5.30. The van der Waals surface area contributed by atoms with E-state index in [9.17, 15) is 9.59 Å². The van der Waals surface area contributed by atoms with Crippen LogP contribution in [-0.4, -0.2) is 34.6 Å². The van der Waals surface area contributed by atoms with Crippen molar-refractivity contribution in [2.24, 2.45) is 0 Å². The van der Waals surface area contributed by atoms with Crippen LogP contribution >= 0.6 is 0 Å². The van der Waals surface area contributed by atoms with Crippen LogP contribution in [0.2, 0.25) is 0 Å². The number of amides is 2. The van der Waals surface area contributed by atoms with E-state index in [-0.39, 0.29) is 25.0 Å². The Morgan fingerprint density at radius 1 is 1.30 bits per heavy atom. The molecule has 2 N–H and O–H groups in total. The van der Waals surface area contributed by atoms with Gasteiger partial charge in [0.15, 0.2) is 0 Å². The van der Waals surface area contributed by atoms with Crippen molar-refractivity contribution in [3.8, 4) is 0 Å². The van der Waals surface area contributed by atoms with Crippen molar-refractivity contribution in [1.29, 1.82) is 0 Å². The average molecular weight is 276 g/mol. The minimum absolute atomic E-state index is 0.0170. The van der Waals surface area contributed by atoms with Gasteiger partial charge in [-0.05, 0) is 49.9 Å². The third-order valence-electron chi connectivity index (χ3n) is 3.57. The largest absolute Gasteiger partial charge is 0.481 e. The van der Waals surface area contributed by atoms with E-state index in [0.29, 0.717) is 0 Å². The predicted octanol–water partition coefficient (Wildman–Crippen LogP) is 2.77. The monoisotopic (exact) mass is 276 g/mol. The molecule has 108 valence electrons. The van der Waals surface area contributed by atoms with Gasteiger partial charge in [-0.25, -0.2) is 4.79 Å². The van der Waals surface area contributed by atoms with Gasteiger partial charge in [0.1, 0.15) is 0 Å². The highest BCUT2D eigenvalue weighted by Crippen LogP contribution is 2.27. The van der Waals surface area contributed by atoms with Crippen LogP contribution in [0.1, 0.15) is 30.4 Å². The van der Waals surface area contributed by atoms with E-state index in [0.717, 1.165) is 24.1 Å². The van der Waals surface area contributed by atoms with E-state index in [1.54, 1.807) is 4.90 Å². The van der Waals surface area contributed by atoms with E-state index in [4.69, 9.17) is 5.11 Å². The van der Waals surface area contributed by atoms with Crippen molar-refractivity contribution < 1.29 is 14.7 Å². The third kappa shape index (κ3) is 3.73. The average Bonchev–Trinajstić information content (AvgIpc) is 3.18. The van der Waals surface area contributed by atoms with Crippen molar-refractivity contribution in [3.63, 3.8) is 0 Å². The van der Waals surface area contributed by atoms with Crippen molar-refractivity contribution in [2.75, 3.05) is 11.9 Å². The van der Waals surface area contributed by atoms with Gasteiger partial charge >= 0.3 is 12.0 Å². The Labute approximate surface area is 118 Å². The summed E-state index contributed by atoms with van der Waals surface area (Å²) < 4.78 is 0. The van der Waals surface area contributed by atoms with Crippen molar-refractivity contribution >= 4 is 17.7 Å². The molecule has 1 aliphatic carbocycles. The highest BCUT2D eigenvalue weighted by atomic mass is 16.4. The Bertz CT molecular complexity index is 524. The van der Waals surface area contributed by atoms with Gasteiger partial charge in [0.2, 0.25) is 0 Å². The highest BCUT2D eigenvalue weighted by Gasteiger charge is 2.32. The minimum atomic E-state index is -0.880. The second kappa shape index (κ2) is 5.94. The third-order valence-corrected chi connectivity index (χ3v) is 3.57. The number of benzene rings is 1. The van der Waals surface area contributed by atoms with Crippen LogP contribution < -0.4 is 5.32 Å². The van der Waals surface area contributed by atoms with Gasteiger partial charge < -0.3 is 15.3 Å². The van der Waals surface area contributed by atoms with Gasteiger partial charge in [-0.3, -0.25) is 4.79 Å². The predicted molar refractivity (Wildman–Crippen MR) is 76.9 cm³/mol. The molecule has 0 unspecified atom stereocenters. The number of anilines is 1. The van der Waals surface area contributed by atoms with Crippen LogP contribution in [0.3, 0.4) is 0 Å². The van der Waals surface area contributed by atoms with Crippen LogP contribution in [0.15, 0.2) is 18.2 Å². The number of rotatable bonds is 5. The summed E-state index contributed by atoms with van der Waals surface area (Å²) in [7, 11) is 0. The van der Waals surface area contributed by atoms with Crippen LogP contribution in [0.5, 0.6) is 0 Å². The summed E-state index contributed by atoms with van der Waals surface area (Å²) in [6.07, 6.45) is 1.90. The molecular formula is C15H20N2O3. The SMILES string of the molecule is Cc1ccc(NC(=O)N(CCC(=O)O)C2CC2)cc1C. The molecule has 0 radical (unpaired) electrons. The molecule has 0 heterocycles. The van der Waals surface area contributed by atoms with E-state index in [2.05, 4.69) is 5.32 Å². The number of nitrogens with zero attached hydrogens (tertiary/aromatic N) is 1. The summed E-state index contributed by atoms with van der Waals surface area (Å²) >= 11 is 0. The Balaban J connectivity index is 2.00. The maximum Gasteiger partial charge on any atom is 0.322 e. The lowest BCUT2D eigenvalue weighted by molar-refractivity contribution is -0.137. The number of urea groups is 1. The van der Waals surface area contributed by atoms with Crippen molar-refractivity contribution in [1.82, 2.24) is 4.90 Å². The molecular weight excluding hydrogens is 256 g/mol. The molecule has 0 bridgehead atoms.